The third-order valence-corrected chi connectivity index (χ3v) is 2.71. The van der Waals surface area contributed by atoms with Crippen LogP contribution in [0.5, 0.6) is 0 Å². The van der Waals surface area contributed by atoms with Crippen LogP contribution >= 0.6 is 0 Å². The second-order valence-corrected chi connectivity index (χ2v) is 6.37. The molecule has 0 aliphatic heterocycles. The highest BCUT2D eigenvalue weighted by Crippen LogP contribution is 2.13. The van der Waals surface area contributed by atoms with Crippen molar-refractivity contribution in [2.24, 2.45) is 5.92 Å². The first-order valence-electron chi connectivity index (χ1n) is 7.14. The van der Waals surface area contributed by atoms with Gasteiger partial charge in [0.1, 0.15) is 17.5 Å². The molecule has 0 unspecified atom stereocenters. The summed E-state index contributed by atoms with van der Waals surface area (Å²) in [7, 11) is 0. The van der Waals surface area contributed by atoms with Gasteiger partial charge in [0.25, 0.3) is 0 Å². The zero-order chi connectivity index (χ0) is 16.9. The Morgan fingerprint density at radius 2 is 1.86 bits per heavy atom. The monoisotopic (exact) mass is 310 g/mol. The molecule has 1 rings (SSSR count). The van der Waals surface area contributed by atoms with Gasteiger partial charge in [-0.3, -0.25) is 4.79 Å². The number of nitrogens with one attached hydrogen (secondary N) is 2. The minimum absolute atomic E-state index is 0.152. The summed E-state index contributed by atoms with van der Waals surface area (Å²) < 4.78 is 18.3. The summed E-state index contributed by atoms with van der Waals surface area (Å²) in [6, 6.07) is 4.79. The van der Waals surface area contributed by atoms with Gasteiger partial charge >= 0.3 is 6.09 Å². The number of amides is 2. The Hall–Kier alpha value is -2.11. The third kappa shape index (κ3) is 6.11. The summed E-state index contributed by atoms with van der Waals surface area (Å²) >= 11 is 0. The van der Waals surface area contributed by atoms with Crippen molar-refractivity contribution in [2.45, 2.75) is 46.3 Å². The summed E-state index contributed by atoms with van der Waals surface area (Å²) in [5, 5.41) is 5.12. The highest BCUT2D eigenvalue weighted by molar-refractivity contribution is 5.96. The van der Waals surface area contributed by atoms with Gasteiger partial charge in [-0.15, -0.1) is 0 Å². The summed E-state index contributed by atoms with van der Waals surface area (Å²) in [4.78, 5) is 24.1. The topological polar surface area (TPSA) is 67.4 Å². The fourth-order valence-electron chi connectivity index (χ4n) is 1.76. The van der Waals surface area contributed by atoms with Crippen molar-refractivity contribution in [2.75, 3.05) is 5.32 Å². The van der Waals surface area contributed by atoms with Crippen LogP contribution in [0.4, 0.5) is 14.9 Å². The van der Waals surface area contributed by atoms with E-state index in [0.29, 0.717) is 5.69 Å². The second kappa shape index (κ2) is 7.24. The van der Waals surface area contributed by atoms with E-state index in [0.717, 1.165) is 0 Å². The van der Waals surface area contributed by atoms with Gasteiger partial charge in [0.2, 0.25) is 5.91 Å². The molecule has 6 heteroatoms. The molecule has 1 aromatic rings. The molecular formula is C16H23FN2O3. The summed E-state index contributed by atoms with van der Waals surface area (Å²) in [6.07, 6.45) is -0.666. The fourth-order valence-corrected chi connectivity index (χ4v) is 1.76. The van der Waals surface area contributed by atoms with Crippen LogP contribution in [-0.2, 0) is 9.53 Å². The van der Waals surface area contributed by atoms with Gasteiger partial charge in [-0.1, -0.05) is 19.9 Å². The lowest BCUT2D eigenvalue weighted by atomic mass is 10.0. The molecule has 1 aromatic carbocycles. The normalized spacial score (nSPS) is 12.7. The van der Waals surface area contributed by atoms with Crippen LogP contribution in [0.25, 0.3) is 0 Å². The van der Waals surface area contributed by atoms with Gasteiger partial charge in [0.05, 0.1) is 0 Å². The molecule has 22 heavy (non-hydrogen) atoms. The molecule has 5 nitrogen and oxygen atoms in total. The van der Waals surface area contributed by atoms with E-state index in [2.05, 4.69) is 10.6 Å². The number of carbonyl (C=O) groups excluding carboxylic acids is 2. The van der Waals surface area contributed by atoms with Crippen LogP contribution in [0.2, 0.25) is 0 Å². The average Bonchev–Trinajstić information content (AvgIpc) is 2.33. The number of halogens is 1. The van der Waals surface area contributed by atoms with Crippen molar-refractivity contribution in [3.8, 4) is 0 Å². The second-order valence-electron chi connectivity index (χ2n) is 6.37. The van der Waals surface area contributed by atoms with E-state index in [1.165, 1.54) is 18.2 Å². The molecule has 0 spiro atoms. The first kappa shape index (κ1) is 17.9. The molecule has 0 fully saturated rings. The number of alkyl carbamates (subject to hydrolysis) is 1. The molecule has 0 aromatic heterocycles. The number of hydrogen-bond acceptors (Lipinski definition) is 3. The summed E-state index contributed by atoms with van der Waals surface area (Å²) in [6.45, 7) is 8.82. The first-order chi connectivity index (χ1) is 10.1. The number of carbonyl (C=O) groups is 2. The van der Waals surface area contributed by atoms with Gasteiger partial charge in [-0.25, -0.2) is 9.18 Å². The number of benzene rings is 1. The third-order valence-electron chi connectivity index (χ3n) is 2.71. The van der Waals surface area contributed by atoms with Crippen LogP contribution in [0.3, 0.4) is 0 Å². The minimum atomic E-state index is -0.780. The molecule has 0 aliphatic carbocycles. The Balaban J connectivity index is 2.74. The molecule has 0 radical (unpaired) electrons. The Morgan fingerprint density at radius 1 is 1.23 bits per heavy atom. The lowest BCUT2D eigenvalue weighted by molar-refractivity contribution is -0.119. The van der Waals surface area contributed by atoms with E-state index in [1.807, 2.05) is 0 Å². The number of anilines is 1. The molecule has 0 heterocycles. The molecule has 0 saturated heterocycles. The van der Waals surface area contributed by atoms with Crippen LogP contribution in [0.15, 0.2) is 24.3 Å². The van der Waals surface area contributed by atoms with Crippen LogP contribution in [-0.4, -0.2) is 23.6 Å². The molecular weight excluding hydrogens is 287 g/mol. The number of rotatable bonds is 4. The SMILES string of the molecule is CC(C)[C@H](NC(=O)OC(C)(C)C)C(=O)Nc1cccc(F)c1. The largest absolute Gasteiger partial charge is 0.444 e. The zero-order valence-electron chi connectivity index (χ0n) is 13.6. The lowest BCUT2D eigenvalue weighted by Gasteiger charge is -2.25. The molecule has 2 N–H and O–H groups in total. The van der Waals surface area contributed by atoms with Crippen LogP contribution < -0.4 is 10.6 Å². The van der Waals surface area contributed by atoms with Crippen molar-refractivity contribution in [3.05, 3.63) is 30.1 Å². The highest BCUT2D eigenvalue weighted by Gasteiger charge is 2.27. The lowest BCUT2D eigenvalue weighted by Crippen LogP contribution is -2.48. The van der Waals surface area contributed by atoms with Crippen LogP contribution in [0, 0.1) is 11.7 Å². The van der Waals surface area contributed by atoms with Gasteiger partial charge in [0, 0.05) is 5.69 Å². The van der Waals surface area contributed by atoms with Gasteiger partial charge in [0.15, 0.2) is 0 Å². The van der Waals surface area contributed by atoms with E-state index >= 15 is 0 Å². The predicted octanol–water partition coefficient (Wildman–Crippen LogP) is 3.31. The van der Waals surface area contributed by atoms with Gasteiger partial charge < -0.3 is 15.4 Å². The van der Waals surface area contributed by atoms with Crippen LogP contribution in [0.1, 0.15) is 34.6 Å². The highest BCUT2D eigenvalue weighted by atomic mass is 19.1. The Bertz CT molecular complexity index is 538. The smallest absolute Gasteiger partial charge is 0.408 e. The van der Waals surface area contributed by atoms with E-state index in [-0.39, 0.29) is 5.92 Å². The predicted molar refractivity (Wildman–Crippen MR) is 83.0 cm³/mol. The zero-order valence-corrected chi connectivity index (χ0v) is 13.6. The van der Waals surface area contributed by atoms with Crippen molar-refractivity contribution < 1.29 is 18.7 Å². The maximum Gasteiger partial charge on any atom is 0.408 e. The van der Waals surface area contributed by atoms with Crippen molar-refractivity contribution in [3.63, 3.8) is 0 Å². The first-order valence-corrected chi connectivity index (χ1v) is 7.14. The van der Waals surface area contributed by atoms with Crippen molar-refractivity contribution in [1.29, 1.82) is 0 Å². The van der Waals surface area contributed by atoms with E-state index in [4.69, 9.17) is 4.74 Å². The molecule has 0 saturated carbocycles. The maximum atomic E-state index is 13.1. The Labute approximate surface area is 130 Å². The number of hydrogen-bond donors (Lipinski definition) is 2. The van der Waals surface area contributed by atoms with E-state index in [1.54, 1.807) is 40.7 Å². The molecule has 2 amide bonds. The molecule has 0 bridgehead atoms. The van der Waals surface area contributed by atoms with Gasteiger partial charge in [-0.05, 0) is 44.9 Å². The van der Waals surface area contributed by atoms with E-state index < -0.39 is 29.5 Å². The standard InChI is InChI=1S/C16H23FN2O3/c1-10(2)13(19-15(21)22-16(3,4)5)14(20)18-12-8-6-7-11(17)9-12/h6-10,13H,1-5H3,(H,18,20)(H,19,21)/t13-/m0/s1. The quantitative estimate of drug-likeness (QED) is 0.896. The molecule has 1 atom stereocenters. The fraction of sp³-hybridized carbons (Fsp3) is 0.500. The number of ether oxygens (including phenoxy) is 1. The summed E-state index contributed by atoms with van der Waals surface area (Å²) in [5.41, 5.74) is -0.313. The van der Waals surface area contributed by atoms with E-state index in [9.17, 15) is 14.0 Å². The maximum absolute atomic E-state index is 13.1. The minimum Gasteiger partial charge on any atom is -0.444 e. The van der Waals surface area contributed by atoms with Crippen molar-refractivity contribution in [1.82, 2.24) is 5.32 Å². The molecule has 0 aliphatic rings. The van der Waals surface area contributed by atoms with Gasteiger partial charge in [-0.2, -0.15) is 0 Å². The average molecular weight is 310 g/mol. The Morgan fingerprint density at radius 3 is 2.36 bits per heavy atom. The van der Waals surface area contributed by atoms with Crippen molar-refractivity contribution >= 4 is 17.7 Å². The summed E-state index contributed by atoms with van der Waals surface area (Å²) in [5.74, 6) is -1.02. The molecule has 122 valence electrons. The Kier molecular flexibility index (Phi) is 5.91.